The van der Waals surface area contributed by atoms with E-state index in [-0.39, 0.29) is 18.5 Å². The molecule has 0 aromatic heterocycles. The Balaban J connectivity index is 2.14. The molecule has 1 aliphatic heterocycles. The van der Waals surface area contributed by atoms with Gasteiger partial charge in [0.25, 0.3) is 0 Å². The number of morpholine rings is 1. The lowest BCUT2D eigenvalue weighted by molar-refractivity contribution is -0.0316. The van der Waals surface area contributed by atoms with Crippen molar-refractivity contribution in [2.45, 2.75) is 12.6 Å². The van der Waals surface area contributed by atoms with E-state index in [0.717, 1.165) is 0 Å². The molecule has 0 bridgehead atoms. The molecule has 1 heterocycles. The molecular weight excluding hydrogens is 235 g/mol. The number of halogens is 1. The zero-order chi connectivity index (χ0) is 13.0. The molecule has 0 radical (unpaired) electrons. The molecule has 1 unspecified atom stereocenters. The molecule has 1 fully saturated rings. The number of aliphatic hydroxyl groups is 1. The highest BCUT2D eigenvalue weighted by Gasteiger charge is 2.23. The fraction of sp³-hybridized carbons (Fsp3) is 0.462. The summed E-state index contributed by atoms with van der Waals surface area (Å²) in [6, 6.07) is 6.21. The van der Waals surface area contributed by atoms with Crippen molar-refractivity contribution in [3.8, 4) is 6.07 Å². The van der Waals surface area contributed by atoms with Crippen LogP contribution in [-0.2, 0) is 11.3 Å². The van der Waals surface area contributed by atoms with E-state index in [4.69, 9.17) is 10.00 Å². The van der Waals surface area contributed by atoms with Gasteiger partial charge in [-0.05, 0) is 18.2 Å². The molecule has 5 heteroatoms. The topological polar surface area (TPSA) is 56.5 Å². The first-order chi connectivity index (χ1) is 8.74. The Morgan fingerprint density at radius 1 is 1.56 bits per heavy atom. The summed E-state index contributed by atoms with van der Waals surface area (Å²) in [4.78, 5) is 1.98. The lowest BCUT2D eigenvalue weighted by Crippen LogP contribution is -2.46. The van der Waals surface area contributed by atoms with Crippen LogP contribution in [0.15, 0.2) is 18.2 Å². The second kappa shape index (κ2) is 5.91. The average Bonchev–Trinajstić information content (AvgIpc) is 2.42. The molecule has 1 aliphatic rings. The van der Waals surface area contributed by atoms with Gasteiger partial charge in [0.05, 0.1) is 37.5 Å². The maximum atomic E-state index is 13.7. The lowest BCUT2D eigenvalue weighted by atomic mass is 10.1. The van der Waals surface area contributed by atoms with Gasteiger partial charge in [0.1, 0.15) is 5.82 Å². The molecular formula is C13H15FN2O2. The van der Waals surface area contributed by atoms with Crippen LogP contribution in [0.1, 0.15) is 11.1 Å². The maximum absolute atomic E-state index is 13.7. The zero-order valence-corrected chi connectivity index (χ0v) is 9.97. The fourth-order valence-electron chi connectivity index (χ4n) is 2.05. The van der Waals surface area contributed by atoms with Crippen molar-refractivity contribution < 1.29 is 14.2 Å². The monoisotopic (exact) mass is 250 g/mol. The van der Waals surface area contributed by atoms with Crippen LogP contribution < -0.4 is 0 Å². The van der Waals surface area contributed by atoms with Gasteiger partial charge in [-0.25, -0.2) is 4.39 Å². The first kappa shape index (κ1) is 13.0. The van der Waals surface area contributed by atoms with Gasteiger partial charge in [0.2, 0.25) is 0 Å². The van der Waals surface area contributed by atoms with Gasteiger partial charge in [-0.2, -0.15) is 5.26 Å². The standard InChI is InChI=1S/C13H15FN2O2/c14-13-2-1-10(6-15)5-11(13)7-16-3-4-18-9-12(16)8-17/h1-2,5,12,17H,3-4,7-9H2. The Hall–Kier alpha value is -1.48. The number of hydrogen-bond donors (Lipinski definition) is 1. The average molecular weight is 250 g/mol. The van der Waals surface area contributed by atoms with Crippen LogP contribution in [0, 0.1) is 17.1 Å². The molecule has 1 aromatic carbocycles. The highest BCUT2D eigenvalue weighted by atomic mass is 19.1. The summed E-state index contributed by atoms with van der Waals surface area (Å²) in [6.07, 6.45) is 0. The van der Waals surface area contributed by atoms with Crippen molar-refractivity contribution in [1.29, 1.82) is 5.26 Å². The summed E-state index contributed by atoms with van der Waals surface area (Å²) in [7, 11) is 0. The molecule has 0 saturated carbocycles. The number of aliphatic hydroxyl groups excluding tert-OH is 1. The van der Waals surface area contributed by atoms with Gasteiger partial charge in [-0.3, -0.25) is 4.90 Å². The summed E-state index contributed by atoms with van der Waals surface area (Å²) in [5, 5.41) is 18.1. The van der Waals surface area contributed by atoms with Crippen molar-refractivity contribution in [1.82, 2.24) is 4.90 Å². The van der Waals surface area contributed by atoms with Crippen LogP contribution in [-0.4, -0.2) is 42.4 Å². The second-order valence-electron chi connectivity index (χ2n) is 4.30. The predicted molar refractivity (Wildman–Crippen MR) is 63.2 cm³/mol. The first-order valence-corrected chi connectivity index (χ1v) is 5.85. The third-order valence-corrected chi connectivity index (χ3v) is 3.11. The molecule has 2 rings (SSSR count). The van der Waals surface area contributed by atoms with Gasteiger partial charge in [-0.1, -0.05) is 0 Å². The van der Waals surface area contributed by atoms with Crippen molar-refractivity contribution in [2.75, 3.05) is 26.4 Å². The second-order valence-corrected chi connectivity index (χ2v) is 4.30. The van der Waals surface area contributed by atoms with Crippen LogP contribution in [0.4, 0.5) is 4.39 Å². The summed E-state index contributed by atoms with van der Waals surface area (Å²) in [6.45, 7) is 2.06. The third kappa shape index (κ3) is 2.85. The Kier molecular flexibility index (Phi) is 4.26. The molecule has 0 aliphatic carbocycles. The summed E-state index contributed by atoms with van der Waals surface area (Å²) in [5.41, 5.74) is 0.926. The van der Waals surface area contributed by atoms with Crippen molar-refractivity contribution >= 4 is 0 Å². The summed E-state index contributed by atoms with van der Waals surface area (Å²) in [5.74, 6) is -0.322. The van der Waals surface area contributed by atoms with Gasteiger partial charge >= 0.3 is 0 Å². The van der Waals surface area contributed by atoms with E-state index in [1.165, 1.54) is 12.1 Å². The maximum Gasteiger partial charge on any atom is 0.127 e. The van der Waals surface area contributed by atoms with E-state index >= 15 is 0 Å². The smallest absolute Gasteiger partial charge is 0.127 e. The molecule has 1 atom stereocenters. The lowest BCUT2D eigenvalue weighted by Gasteiger charge is -2.34. The third-order valence-electron chi connectivity index (χ3n) is 3.11. The molecule has 1 saturated heterocycles. The van der Waals surface area contributed by atoms with E-state index in [1.807, 2.05) is 11.0 Å². The number of benzene rings is 1. The Labute approximate surface area is 105 Å². The zero-order valence-electron chi connectivity index (χ0n) is 9.97. The summed E-state index contributed by atoms with van der Waals surface area (Å²) >= 11 is 0. The number of nitriles is 1. The normalized spacial score (nSPS) is 20.6. The number of rotatable bonds is 3. The number of ether oxygens (including phenoxy) is 1. The Morgan fingerprint density at radius 3 is 3.11 bits per heavy atom. The largest absolute Gasteiger partial charge is 0.395 e. The van der Waals surface area contributed by atoms with E-state index in [1.54, 1.807) is 6.07 Å². The quantitative estimate of drug-likeness (QED) is 0.865. The number of hydrogen-bond acceptors (Lipinski definition) is 4. The summed E-state index contributed by atoms with van der Waals surface area (Å²) < 4.78 is 18.9. The van der Waals surface area contributed by atoms with Crippen LogP contribution in [0.5, 0.6) is 0 Å². The predicted octanol–water partition coefficient (Wildman–Crippen LogP) is 0.890. The van der Waals surface area contributed by atoms with E-state index in [0.29, 0.717) is 37.4 Å². The SMILES string of the molecule is N#Cc1ccc(F)c(CN2CCOCC2CO)c1. The van der Waals surface area contributed by atoms with Gasteiger partial charge in [0, 0.05) is 18.7 Å². The van der Waals surface area contributed by atoms with E-state index in [9.17, 15) is 9.50 Å². The van der Waals surface area contributed by atoms with Crippen molar-refractivity contribution in [3.05, 3.63) is 35.1 Å². The van der Waals surface area contributed by atoms with Crippen LogP contribution in [0.3, 0.4) is 0 Å². The molecule has 0 amide bonds. The van der Waals surface area contributed by atoms with Gasteiger partial charge in [0.15, 0.2) is 0 Å². The Bertz CT molecular complexity index is 459. The molecule has 4 nitrogen and oxygen atoms in total. The van der Waals surface area contributed by atoms with Crippen LogP contribution in [0.25, 0.3) is 0 Å². The number of nitrogens with zero attached hydrogens (tertiary/aromatic N) is 2. The molecule has 0 spiro atoms. The van der Waals surface area contributed by atoms with Crippen LogP contribution >= 0.6 is 0 Å². The van der Waals surface area contributed by atoms with Crippen LogP contribution in [0.2, 0.25) is 0 Å². The highest BCUT2D eigenvalue weighted by Crippen LogP contribution is 2.16. The molecule has 96 valence electrons. The minimum absolute atomic E-state index is 0.0143. The van der Waals surface area contributed by atoms with E-state index < -0.39 is 0 Å². The minimum Gasteiger partial charge on any atom is -0.395 e. The molecule has 1 N–H and O–H groups in total. The van der Waals surface area contributed by atoms with Crippen molar-refractivity contribution in [3.63, 3.8) is 0 Å². The Morgan fingerprint density at radius 2 is 2.39 bits per heavy atom. The molecule has 1 aromatic rings. The molecule has 18 heavy (non-hydrogen) atoms. The van der Waals surface area contributed by atoms with Gasteiger partial charge in [-0.15, -0.1) is 0 Å². The minimum atomic E-state index is -0.322. The first-order valence-electron chi connectivity index (χ1n) is 5.85. The fourth-order valence-corrected chi connectivity index (χ4v) is 2.05. The van der Waals surface area contributed by atoms with Crippen molar-refractivity contribution in [2.24, 2.45) is 0 Å². The van der Waals surface area contributed by atoms with E-state index in [2.05, 4.69) is 0 Å². The van der Waals surface area contributed by atoms with Gasteiger partial charge < -0.3 is 9.84 Å². The highest BCUT2D eigenvalue weighted by molar-refractivity contribution is 5.33.